The van der Waals surface area contributed by atoms with Crippen LogP contribution in [0.15, 0.2) is 0 Å². The molecule has 0 aromatic heterocycles. The normalized spacial score (nSPS) is 33.2. The largest absolute Gasteiger partial charge is 8.00 e. The molecule has 0 spiro atoms. The van der Waals surface area contributed by atoms with Crippen LogP contribution >= 0.6 is 15.6 Å². The summed E-state index contributed by atoms with van der Waals surface area (Å²) in [5, 5.41) is 47.1. The molecule has 0 aromatic rings. The van der Waals surface area contributed by atoms with E-state index in [0.717, 1.165) is 78.5 Å². The van der Waals surface area contributed by atoms with Gasteiger partial charge in [0.1, 0.15) is 0 Å². The molecule has 0 aliphatic carbocycles. The van der Waals surface area contributed by atoms with Gasteiger partial charge in [-0.05, 0) is 39.3 Å². The zero-order valence-corrected chi connectivity index (χ0v) is 31.2. The standard InChI is InChI=1S/3C8H16N4.2F6P.Ru/c3*1-3-9-7(10-4-1)8-11-5-2-6-12-8;2*1-7(2,3,4,5)6;/h3*7-9,11H,1-6H2;;;/q3*-2;2*-1;+8. The first-order valence-electron chi connectivity index (χ1n) is 16.3. The third-order valence-corrected chi connectivity index (χ3v) is 6.98. The van der Waals surface area contributed by atoms with E-state index in [1.54, 1.807) is 0 Å². The van der Waals surface area contributed by atoms with Gasteiger partial charge >= 0.3 is 85.5 Å². The minimum absolute atomic E-state index is 0. The Morgan fingerprint density at radius 1 is 0.294 bits per heavy atom. The molecule has 6 unspecified atom stereocenters. The monoisotopic (exact) mass is 896 g/mol. The molecule has 6 saturated heterocycles. The van der Waals surface area contributed by atoms with E-state index >= 15 is 0 Å². The van der Waals surface area contributed by atoms with Crippen molar-refractivity contribution in [2.24, 2.45) is 0 Å². The molecule has 12 nitrogen and oxygen atoms in total. The molecule has 51 heavy (non-hydrogen) atoms. The molecule has 0 aromatic carbocycles. The number of hydrogen-bond acceptors (Lipinski definition) is 6. The van der Waals surface area contributed by atoms with Gasteiger partial charge in [0, 0.05) is 0 Å². The molecule has 306 valence electrons. The maximum absolute atomic E-state index is 10.7. The fourth-order valence-corrected chi connectivity index (χ4v) is 5.01. The molecular weight excluding hydrogens is 847 g/mol. The van der Waals surface area contributed by atoms with Gasteiger partial charge in [0.15, 0.2) is 0 Å². The molecule has 0 radical (unpaired) electrons. The van der Waals surface area contributed by atoms with E-state index in [1.165, 1.54) is 38.5 Å². The van der Waals surface area contributed by atoms with Gasteiger partial charge in [-0.3, -0.25) is 0 Å². The quantitative estimate of drug-likeness (QED) is 0.0963. The minimum Gasteiger partial charge on any atom is 8.00 e. The summed E-state index contributed by atoms with van der Waals surface area (Å²) in [6.45, 7) is 12.5. The third-order valence-electron chi connectivity index (χ3n) is 6.98. The number of halogens is 12. The van der Waals surface area contributed by atoms with Crippen molar-refractivity contribution in [2.75, 3.05) is 78.5 Å². The van der Waals surface area contributed by atoms with E-state index in [2.05, 4.69) is 63.8 Å². The van der Waals surface area contributed by atoms with Crippen molar-refractivity contribution < 1.29 is 69.8 Å². The molecule has 6 fully saturated rings. The Kier molecular flexibility index (Phi) is 19.1. The van der Waals surface area contributed by atoms with E-state index in [9.17, 15) is 50.4 Å². The summed E-state index contributed by atoms with van der Waals surface area (Å²) >= 11 is 0. The molecule has 0 amide bonds. The minimum atomic E-state index is -10.7. The molecule has 6 aliphatic rings. The van der Waals surface area contributed by atoms with Crippen LogP contribution in [0.1, 0.15) is 38.5 Å². The summed E-state index contributed by atoms with van der Waals surface area (Å²) in [4.78, 5) is 0. The van der Waals surface area contributed by atoms with Gasteiger partial charge in [-0.15, -0.1) is 39.3 Å². The van der Waals surface area contributed by atoms with Gasteiger partial charge in [-0.25, -0.2) is 0 Å². The van der Waals surface area contributed by atoms with Crippen LogP contribution in [0.3, 0.4) is 0 Å². The van der Waals surface area contributed by atoms with Crippen LogP contribution in [0.4, 0.5) is 50.4 Å². The number of nitrogens with one attached hydrogen (secondary N) is 6. The second kappa shape index (κ2) is 19.8. The van der Waals surface area contributed by atoms with Gasteiger partial charge in [-0.1, -0.05) is 75.5 Å². The Morgan fingerprint density at radius 3 is 0.490 bits per heavy atom. The van der Waals surface area contributed by atoms with Gasteiger partial charge in [0.05, 0.1) is 0 Å². The summed E-state index contributed by atoms with van der Waals surface area (Å²) in [6, 6.07) is 0. The maximum Gasteiger partial charge on any atom is 8.00 e. The van der Waals surface area contributed by atoms with Crippen LogP contribution < -0.4 is 31.9 Å². The molecular formula is C24H48F12N12P2Ru. The zero-order chi connectivity index (χ0) is 37.5. The Morgan fingerprint density at radius 2 is 0.412 bits per heavy atom. The van der Waals surface area contributed by atoms with Crippen molar-refractivity contribution in [3.63, 3.8) is 0 Å². The molecule has 6 atom stereocenters. The summed E-state index contributed by atoms with van der Waals surface area (Å²) in [7, 11) is -21.3. The van der Waals surface area contributed by atoms with Crippen LogP contribution in [0, 0.1) is 0 Å². The molecule has 0 bridgehead atoms. The SMILES string of the molecule is C1C[N-]C(C2[N-]CCCN2)NC1.C1C[N-]C(C2[N-]CCCN2)NC1.C1C[N-]C(C2[N-]CCCN2)NC1.F[P-](F)(F)(F)(F)F.F[P-](F)(F)(F)(F)F.[Ru+8]. The molecule has 6 rings (SSSR count). The fourth-order valence-electron chi connectivity index (χ4n) is 5.01. The van der Waals surface area contributed by atoms with Crippen LogP contribution in [0.2, 0.25) is 0 Å². The Labute approximate surface area is 303 Å². The molecule has 0 saturated carbocycles. The summed E-state index contributed by atoms with van der Waals surface area (Å²) in [5.41, 5.74) is 0. The molecule has 6 aliphatic heterocycles. The van der Waals surface area contributed by atoms with Gasteiger partial charge < -0.3 is 63.8 Å². The first-order valence-corrected chi connectivity index (χ1v) is 20.4. The second-order valence-corrected chi connectivity index (χ2v) is 15.7. The smallest absolute Gasteiger partial charge is 8.00 e. The Bertz CT molecular complexity index is 764. The van der Waals surface area contributed by atoms with Crippen molar-refractivity contribution >= 4 is 15.6 Å². The Balaban J connectivity index is 0.000000325. The van der Waals surface area contributed by atoms with Gasteiger partial charge in [-0.2, -0.15) is 0 Å². The zero-order valence-electron chi connectivity index (χ0n) is 27.7. The van der Waals surface area contributed by atoms with Gasteiger partial charge in [0.25, 0.3) is 0 Å². The maximum atomic E-state index is 9.87. The first-order chi connectivity index (χ1) is 22.8. The van der Waals surface area contributed by atoms with E-state index in [-0.39, 0.29) is 56.5 Å². The van der Waals surface area contributed by atoms with Crippen LogP contribution in [-0.4, -0.2) is 116 Å². The van der Waals surface area contributed by atoms with Crippen LogP contribution in [-0.2, 0) is 19.5 Å². The van der Waals surface area contributed by atoms with E-state index in [0.29, 0.717) is 0 Å². The van der Waals surface area contributed by atoms with Crippen molar-refractivity contribution in [1.29, 1.82) is 0 Å². The van der Waals surface area contributed by atoms with Crippen molar-refractivity contribution in [2.45, 2.75) is 75.5 Å². The van der Waals surface area contributed by atoms with E-state index in [4.69, 9.17) is 0 Å². The van der Waals surface area contributed by atoms with E-state index in [1.807, 2.05) is 0 Å². The summed E-state index contributed by atoms with van der Waals surface area (Å²) in [5.74, 6) is 0. The molecule has 27 heteroatoms. The number of hydrogen-bond donors (Lipinski definition) is 6. The second-order valence-electron chi connectivity index (χ2n) is 11.9. The number of rotatable bonds is 3. The summed E-state index contributed by atoms with van der Waals surface area (Å²) < 4.78 is 118. The van der Waals surface area contributed by atoms with E-state index < -0.39 is 15.6 Å². The predicted molar refractivity (Wildman–Crippen MR) is 175 cm³/mol. The average molecular weight is 896 g/mol. The first kappa shape index (κ1) is 49.2. The van der Waals surface area contributed by atoms with Crippen LogP contribution in [0.25, 0.3) is 31.9 Å². The molecule has 6 N–H and O–H groups in total. The number of nitrogens with zero attached hydrogens (tertiary/aromatic N) is 6. The summed E-state index contributed by atoms with van der Waals surface area (Å²) in [6.07, 6.45) is 8.43. The Hall–Kier alpha value is 0.163. The predicted octanol–water partition coefficient (Wildman–Crippen LogP) is 7.88. The topological polar surface area (TPSA) is 157 Å². The third kappa shape index (κ3) is 32.1. The van der Waals surface area contributed by atoms with Crippen LogP contribution in [0.5, 0.6) is 0 Å². The average Bonchev–Trinajstić information content (AvgIpc) is 3.05. The van der Waals surface area contributed by atoms with Crippen molar-refractivity contribution in [3.05, 3.63) is 31.9 Å². The fraction of sp³-hybridized carbons (Fsp3) is 1.00. The van der Waals surface area contributed by atoms with Gasteiger partial charge in [0.2, 0.25) is 0 Å². The van der Waals surface area contributed by atoms with Crippen molar-refractivity contribution in [3.8, 4) is 0 Å². The van der Waals surface area contributed by atoms with Crippen molar-refractivity contribution in [1.82, 2.24) is 31.9 Å². The molecule has 6 heterocycles.